The summed E-state index contributed by atoms with van der Waals surface area (Å²) in [5.41, 5.74) is -1.24. The third-order valence-electron chi connectivity index (χ3n) is 6.36. The average Bonchev–Trinajstić information content (AvgIpc) is 3.25. The Labute approximate surface area is 138 Å². The van der Waals surface area contributed by atoms with Crippen molar-refractivity contribution in [1.82, 2.24) is 10.1 Å². The average molecular weight is 336 g/mol. The Morgan fingerprint density at radius 3 is 2.83 bits per heavy atom. The Hall–Kier alpha value is -1.71. The van der Waals surface area contributed by atoms with E-state index in [0.717, 1.165) is 17.6 Å². The topological polar surface area (TPSA) is 112 Å². The molecule has 9 heteroatoms. The molecule has 2 aliphatic carbocycles. The number of rotatable bonds is 1. The van der Waals surface area contributed by atoms with Gasteiger partial charge in [0.25, 0.3) is 5.69 Å². The van der Waals surface area contributed by atoms with Gasteiger partial charge in [-0.05, 0) is 17.7 Å². The van der Waals surface area contributed by atoms with E-state index in [2.05, 4.69) is 10.1 Å². The lowest BCUT2D eigenvalue weighted by Crippen LogP contribution is -2.60. The zero-order valence-electron chi connectivity index (χ0n) is 13.3. The first-order valence-corrected chi connectivity index (χ1v) is 8.58. The highest BCUT2D eigenvalue weighted by atomic mass is 16.8. The smallest absolute Gasteiger partial charge is 0.263 e. The van der Waals surface area contributed by atoms with E-state index in [4.69, 9.17) is 9.37 Å². The number of hydroxylamine groups is 1. The number of aromatic nitrogens is 2. The van der Waals surface area contributed by atoms with Crippen molar-refractivity contribution in [2.24, 2.45) is 5.92 Å². The number of nitrogens with zero attached hydrogens (tertiary/aromatic N) is 4. The Morgan fingerprint density at radius 2 is 2.04 bits per heavy atom. The summed E-state index contributed by atoms with van der Waals surface area (Å²) in [6.07, 6.45) is 3.02. The fraction of sp³-hybridized carbons (Fsp3) is 0.800. The van der Waals surface area contributed by atoms with Crippen LogP contribution in [0.2, 0.25) is 0 Å². The van der Waals surface area contributed by atoms with E-state index < -0.39 is 11.3 Å². The fourth-order valence-corrected chi connectivity index (χ4v) is 5.40. The predicted molar refractivity (Wildman–Crippen MR) is 78.8 cm³/mol. The SMILES string of the molecule is [O-][N+]1=C2CCc3c(no[n+]3[O-])[C@]2(O)[C@@H]2CCC[C@@]21N1CCOCC1. The molecule has 0 bridgehead atoms. The predicted octanol–water partition coefficient (Wildman–Crippen LogP) is -0.765. The highest BCUT2D eigenvalue weighted by molar-refractivity contribution is 5.92. The molecular formula is C15H20N4O5. The van der Waals surface area contributed by atoms with Gasteiger partial charge in [-0.3, -0.25) is 4.63 Å². The number of ether oxygens (including phenoxy) is 1. The van der Waals surface area contributed by atoms with Crippen LogP contribution in [0.5, 0.6) is 0 Å². The second-order valence-electron chi connectivity index (χ2n) is 7.16. The summed E-state index contributed by atoms with van der Waals surface area (Å²) in [7, 11) is 0. The van der Waals surface area contributed by atoms with Crippen LogP contribution in [0.25, 0.3) is 0 Å². The van der Waals surface area contributed by atoms with Crippen LogP contribution in [0, 0.1) is 16.3 Å². The van der Waals surface area contributed by atoms with Crippen LogP contribution in [0.4, 0.5) is 0 Å². The highest BCUT2D eigenvalue weighted by Crippen LogP contribution is 2.56. The first-order chi connectivity index (χ1) is 11.6. The normalized spacial score (nSPS) is 39.0. The summed E-state index contributed by atoms with van der Waals surface area (Å²) in [6.45, 7) is 2.52. The molecule has 24 heavy (non-hydrogen) atoms. The van der Waals surface area contributed by atoms with Gasteiger partial charge in [-0.15, -0.1) is 0 Å². The Balaban J connectivity index is 1.69. The number of hydrogen-bond donors (Lipinski definition) is 1. The number of hydrogen-bond acceptors (Lipinski definition) is 7. The minimum absolute atomic E-state index is 0.238. The van der Waals surface area contributed by atoms with Crippen molar-refractivity contribution in [1.29, 1.82) is 0 Å². The van der Waals surface area contributed by atoms with Crippen molar-refractivity contribution in [2.45, 2.75) is 43.4 Å². The van der Waals surface area contributed by atoms with Crippen molar-refractivity contribution in [3.63, 3.8) is 0 Å². The molecule has 1 N–H and O–H groups in total. The fourth-order valence-electron chi connectivity index (χ4n) is 5.40. The summed E-state index contributed by atoms with van der Waals surface area (Å²) in [5.74, 6) is -0.306. The monoisotopic (exact) mass is 336 g/mol. The Morgan fingerprint density at radius 1 is 1.25 bits per heavy atom. The number of morpholine rings is 1. The van der Waals surface area contributed by atoms with Crippen LogP contribution in [0.15, 0.2) is 4.63 Å². The molecule has 4 aliphatic rings. The van der Waals surface area contributed by atoms with E-state index in [1.807, 2.05) is 0 Å². The molecule has 0 unspecified atom stereocenters. The maximum Gasteiger partial charge on any atom is 0.263 e. The second-order valence-corrected chi connectivity index (χ2v) is 7.16. The van der Waals surface area contributed by atoms with E-state index >= 15 is 0 Å². The van der Waals surface area contributed by atoms with Crippen LogP contribution in [-0.2, 0) is 16.8 Å². The number of aliphatic hydroxyl groups is 1. The molecule has 1 saturated heterocycles. The zero-order chi connectivity index (χ0) is 16.5. The van der Waals surface area contributed by atoms with Crippen LogP contribution >= 0.6 is 0 Å². The second kappa shape index (κ2) is 4.68. The molecule has 1 saturated carbocycles. The molecule has 5 rings (SSSR count). The Kier molecular flexibility index (Phi) is 2.85. The third-order valence-corrected chi connectivity index (χ3v) is 6.36. The van der Waals surface area contributed by atoms with E-state index in [9.17, 15) is 15.5 Å². The quantitative estimate of drug-likeness (QED) is 0.530. The van der Waals surface area contributed by atoms with Gasteiger partial charge in [-0.25, -0.2) is 4.90 Å². The number of fused-ring (bicyclic) bond motifs is 5. The van der Waals surface area contributed by atoms with E-state index in [0.29, 0.717) is 61.9 Å². The molecule has 3 heterocycles. The molecule has 0 radical (unpaired) electrons. The van der Waals surface area contributed by atoms with Gasteiger partial charge in [-0.1, -0.05) is 0 Å². The van der Waals surface area contributed by atoms with Gasteiger partial charge in [0.2, 0.25) is 22.7 Å². The van der Waals surface area contributed by atoms with Crippen molar-refractivity contribution >= 4 is 5.71 Å². The van der Waals surface area contributed by atoms with Gasteiger partial charge >= 0.3 is 0 Å². The molecule has 9 nitrogen and oxygen atoms in total. The first-order valence-electron chi connectivity index (χ1n) is 8.58. The zero-order valence-corrected chi connectivity index (χ0v) is 13.3. The van der Waals surface area contributed by atoms with Crippen LogP contribution in [0.1, 0.15) is 37.1 Å². The molecule has 2 aliphatic heterocycles. The van der Waals surface area contributed by atoms with E-state index in [-0.39, 0.29) is 11.6 Å². The minimum Gasteiger partial charge on any atom is -0.622 e. The molecule has 0 spiro atoms. The molecule has 0 amide bonds. The van der Waals surface area contributed by atoms with Crippen LogP contribution in [-0.4, -0.2) is 57.6 Å². The molecular weight excluding hydrogens is 316 g/mol. The molecule has 2 fully saturated rings. The minimum atomic E-state index is -1.50. The van der Waals surface area contributed by atoms with Crippen LogP contribution in [0.3, 0.4) is 0 Å². The molecule has 3 atom stereocenters. The summed E-state index contributed by atoms with van der Waals surface area (Å²) >= 11 is 0. The van der Waals surface area contributed by atoms with E-state index in [1.165, 1.54) is 0 Å². The lowest BCUT2D eigenvalue weighted by Gasteiger charge is -2.41. The van der Waals surface area contributed by atoms with Crippen molar-refractivity contribution < 1.29 is 24.1 Å². The third kappa shape index (κ3) is 1.49. The maximum absolute atomic E-state index is 13.4. The largest absolute Gasteiger partial charge is 0.622 e. The summed E-state index contributed by atoms with van der Waals surface area (Å²) in [5, 5.41) is 40.6. The first kappa shape index (κ1) is 14.6. The van der Waals surface area contributed by atoms with Gasteiger partial charge in [-0.2, -0.15) is 4.74 Å². The van der Waals surface area contributed by atoms with Crippen molar-refractivity contribution in [2.75, 3.05) is 26.3 Å². The molecule has 0 aromatic carbocycles. The van der Waals surface area contributed by atoms with Gasteiger partial charge < -0.3 is 20.3 Å². The van der Waals surface area contributed by atoms with E-state index in [1.54, 1.807) is 0 Å². The lowest BCUT2D eigenvalue weighted by molar-refractivity contribution is -0.808. The lowest BCUT2D eigenvalue weighted by atomic mass is 9.73. The molecule has 130 valence electrons. The van der Waals surface area contributed by atoms with Gasteiger partial charge in [0.05, 0.1) is 19.1 Å². The molecule has 1 aromatic rings. The van der Waals surface area contributed by atoms with Gasteiger partial charge in [0, 0.05) is 37.5 Å². The van der Waals surface area contributed by atoms with Gasteiger partial charge in [0.1, 0.15) is 0 Å². The summed E-state index contributed by atoms with van der Waals surface area (Å²) in [4.78, 5) is 2.53. The summed E-state index contributed by atoms with van der Waals surface area (Å²) in [6, 6.07) is 0. The van der Waals surface area contributed by atoms with Crippen molar-refractivity contribution in [3.8, 4) is 0 Å². The summed E-state index contributed by atoms with van der Waals surface area (Å²) < 4.78 is 11.2. The van der Waals surface area contributed by atoms with Gasteiger partial charge in [0.15, 0.2) is 0 Å². The van der Waals surface area contributed by atoms with Crippen molar-refractivity contribution in [3.05, 3.63) is 21.8 Å². The standard InChI is InChI=1S/C15H20N4O5/c20-15-11-2-1-5-14(11,17-6-8-23-9-7-17)18(21)12(15)4-3-10-13(15)16-24-19(10)22/h11,20H,1-9H2/t11-,14+,15+/m1/s1. The maximum atomic E-state index is 13.4. The highest BCUT2D eigenvalue weighted by Gasteiger charge is 2.75. The van der Waals surface area contributed by atoms with Crippen LogP contribution < -0.4 is 4.90 Å². The Bertz CT molecular complexity index is 727. The molecule has 1 aromatic heterocycles.